The summed E-state index contributed by atoms with van der Waals surface area (Å²) in [5.74, 6) is 0. The van der Waals surface area contributed by atoms with Crippen LogP contribution < -0.4 is 0 Å². The van der Waals surface area contributed by atoms with Crippen LogP contribution in [0.1, 0.15) is 0 Å². The third kappa shape index (κ3) is 2.51. The maximum Gasteiger partial charge on any atom is 0.128 e. The van der Waals surface area contributed by atoms with Crippen LogP contribution in [0.5, 0.6) is 0 Å². The first-order valence-corrected chi connectivity index (χ1v) is 5.88. The monoisotopic (exact) mass is 280 g/mol. The first-order chi connectivity index (χ1) is 7.81. The van der Waals surface area contributed by atoms with E-state index in [9.17, 15) is 0 Å². The molecule has 2 rings (SSSR count). The molecule has 0 saturated heterocycles. The van der Waals surface area contributed by atoms with Crippen LogP contribution in [0, 0.1) is 0 Å². The fourth-order valence-electron chi connectivity index (χ4n) is 1.57. The van der Waals surface area contributed by atoms with Gasteiger partial charge >= 0.3 is 0 Å². The summed E-state index contributed by atoms with van der Waals surface area (Å²) in [5.41, 5.74) is 2.27. The van der Waals surface area contributed by atoms with E-state index in [1.807, 2.05) is 28.9 Å². The third-order valence-electron chi connectivity index (χ3n) is 2.33. The highest BCUT2D eigenvalue weighted by Gasteiger charge is 2.07. The molecule has 1 aromatic heterocycles. The van der Waals surface area contributed by atoms with E-state index >= 15 is 0 Å². The molecule has 0 amide bonds. The lowest BCUT2D eigenvalue weighted by atomic mass is 10.1. The number of nitrogens with zero attached hydrogens (tertiary/aromatic N) is 2. The van der Waals surface area contributed by atoms with Crippen LogP contribution in [-0.2, 0) is 11.3 Å². The highest BCUT2D eigenvalue weighted by molar-refractivity contribution is 9.10. The van der Waals surface area contributed by atoms with Crippen molar-refractivity contribution in [2.75, 3.05) is 13.7 Å². The van der Waals surface area contributed by atoms with Crippen LogP contribution in [-0.4, -0.2) is 23.5 Å². The average molecular weight is 281 g/mol. The summed E-state index contributed by atoms with van der Waals surface area (Å²) >= 11 is 3.40. The minimum absolute atomic E-state index is 0.661. The topological polar surface area (TPSA) is 27.1 Å². The van der Waals surface area contributed by atoms with Crippen molar-refractivity contribution in [3.63, 3.8) is 0 Å². The molecule has 0 aliphatic heterocycles. The smallest absolute Gasteiger partial charge is 0.128 e. The lowest BCUT2D eigenvalue weighted by Gasteiger charge is -2.06. The van der Waals surface area contributed by atoms with Gasteiger partial charge in [0.2, 0.25) is 0 Å². The molecular formula is C12H13BrN2O. The van der Waals surface area contributed by atoms with E-state index in [1.54, 1.807) is 7.11 Å². The second kappa shape index (κ2) is 5.27. The summed E-state index contributed by atoms with van der Waals surface area (Å²) in [6, 6.07) is 12.2. The highest BCUT2D eigenvalue weighted by atomic mass is 79.9. The summed E-state index contributed by atoms with van der Waals surface area (Å²) in [7, 11) is 1.70. The van der Waals surface area contributed by atoms with Gasteiger partial charge < -0.3 is 4.74 Å². The first kappa shape index (κ1) is 11.4. The molecule has 0 unspecified atom stereocenters. The standard InChI is InChI=1S/C12H13BrN2O/c1-16-8-7-15-11(9-12(13)14-15)10-5-3-2-4-6-10/h2-6,9H,7-8H2,1H3. The maximum absolute atomic E-state index is 5.07. The van der Waals surface area contributed by atoms with Crippen LogP contribution >= 0.6 is 15.9 Å². The Morgan fingerprint density at radius 3 is 2.75 bits per heavy atom. The Kier molecular flexibility index (Phi) is 3.74. The summed E-state index contributed by atoms with van der Waals surface area (Å²) < 4.78 is 7.87. The fourth-order valence-corrected chi connectivity index (χ4v) is 1.98. The van der Waals surface area contributed by atoms with Crippen LogP contribution in [0.4, 0.5) is 0 Å². The number of halogens is 1. The molecule has 84 valence electrons. The van der Waals surface area contributed by atoms with Gasteiger partial charge in [0.1, 0.15) is 4.60 Å². The third-order valence-corrected chi connectivity index (χ3v) is 2.71. The van der Waals surface area contributed by atoms with E-state index in [2.05, 4.69) is 33.2 Å². The number of ether oxygens (including phenoxy) is 1. The molecule has 0 atom stereocenters. The summed E-state index contributed by atoms with van der Waals surface area (Å²) in [6.07, 6.45) is 0. The van der Waals surface area contributed by atoms with Gasteiger partial charge in [0.25, 0.3) is 0 Å². The Morgan fingerprint density at radius 1 is 1.31 bits per heavy atom. The Hall–Kier alpha value is -1.13. The van der Waals surface area contributed by atoms with Gasteiger partial charge in [-0.05, 0) is 27.6 Å². The number of hydrogen-bond acceptors (Lipinski definition) is 2. The lowest BCUT2D eigenvalue weighted by molar-refractivity contribution is 0.184. The van der Waals surface area contributed by atoms with Crippen LogP contribution in [0.25, 0.3) is 11.3 Å². The van der Waals surface area contributed by atoms with Gasteiger partial charge in [0.15, 0.2) is 0 Å². The quantitative estimate of drug-likeness (QED) is 0.861. The molecular weight excluding hydrogens is 268 g/mol. The first-order valence-electron chi connectivity index (χ1n) is 5.09. The molecule has 16 heavy (non-hydrogen) atoms. The zero-order valence-corrected chi connectivity index (χ0v) is 10.6. The molecule has 1 aromatic carbocycles. The van der Waals surface area contributed by atoms with Crippen molar-refractivity contribution in [3.05, 3.63) is 41.0 Å². The van der Waals surface area contributed by atoms with E-state index in [4.69, 9.17) is 4.74 Å². The van der Waals surface area contributed by atoms with Crippen LogP contribution in [0.15, 0.2) is 41.0 Å². The van der Waals surface area contributed by atoms with Crippen molar-refractivity contribution < 1.29 is 4.74 Å². The van der Waals surface area contributed by atoms with Crippen molar-refractivity contribution in [1.82, 2.24) is 9.78 Å². The predicted molar refractivity (Wildman–Crippen MR) is 67.2 cm³/mol. The lowest BCUT2D eigenvalue weighted by Crippen LogP contribution is -2.07. The predicted octanol–water partition coefficient (Wildman–Crippen LogP) is 2.96. The molecule has 0 aliphatic carbocycles. The zero-order valence-electron chi connectivity index (χ0n) is 9.06. The molecule has 0 fully saturated rings. The SMILES string of the molecule is COCCn1nc(Br)cc1-c1ccccc1. The molecule has 0 N–H and O–H groups in total. The highest BCUT2D eigenvalue weighted by Crippen LogP contribution is 2.22. The van der Waals surface area contributed by atoms with Crippen molar-refractivity contribution >= 4 is 15.9 Å². The maximum atomic E-state index is 5.07. The zero-order chi connectivity index (χ0) is 11.4. The van der Waals surface area contributed by atoms with Crippen molar-refractivity contribution in [1.29, 1.82) is 0 Å². The minimum atomic E-state index is 0.661. The fraction of sp³-hybridized carbons (Fsp3) is 0.250. The Balaban J connectivity index is 2.33. The van der Waals surface area contributed by atoms with Gasteiger partial charge in [-0.1, -0.05) is 30.3 Å². The van der Waals surface area contributed by atoms with Crippen molar-refractivity contribution in [3.8, 4) is 11.3 Å². The second-order valence-corrected chi connectivity index (χ2v) is 4.25. The van der Waals surface area contributed by atoms with Gasteiger partial charge in [-0.15, -0.1) is 0 Å². The van der Waals surface area contributed by atoms with E-state index in [-0.39, 0.29) is 0 Å². The van der Waals surface area contributed by atoms with Gasteiger partial charge in [0.05, 0.1) is 18.8 Å². The molecule has 3 nitrogen and oxygen atoms in total. The van der Waals surface area contributed by atoms with Crippen LogP contribution in [0.3, 0.4) is 0 Å². The summed E-state index contributed by atoms with van der Waals surface area (Å²) in [6.45, 7) is 1.42. The van der Waals surface area contributed by atoms with E-state index in [0.29, 0.717) is 6.61 Å². The normalized spacial score (nSPS) is 10.6. The molecule has 0 bridgehead atoms. The van der Waals surface area contributed by atoms with E-state index in [1.165, 1.54) is 0 Å². The van der Waals surface area contributed by atoms with Crippen LogP contribution in [0.2, 0.25) is 0 Å². The number of benzene rings is 1. The Morgan fingerprint density at radius 2 is 2.06 bits per heavy atom. The number of aromatic nitrogens is 2. The molecule has 0 saturated carbocycles. The molecule has 4 heteroatoms. The molecule has 1 heterocycles. The van der Waals surface area contributed by atoms with Gasteiger partial charge in [0, 0.05) is 7.11 Å². The molecule has 0 spiro atoms. The summed E-state index contributed by atoms with van der Waals surface area (Å²) in [5, 5.41) is 4.38. The Bertz CT molecular complexity index is 453. The van der Waals surface area contributed by atoms with Gasteiger partial charge in [-0.2, -0.15) is 5.10 Å². The largest absolute Gasteiger partial charge is 0.383 e. The number of hydrogen-bond donors (Lipinski definition) is 0. The summed E-state index contributed by atoms with van der Waals surface area (Å²) in [4.78, 5) is 0. The molecule has 0 radical (unpaired) electrons. The van der Waals surface area contributed by atoms with Gasteiger partial charge in [-0.3, -0.25) is 4.68 Å². The van der Waals surface area contributed by atoms with E-state index in [0.717, 1.165) is 22.4 Å². The van der Waals surface area contributed by atoms with Gasteiger partial charge in [-0.25, -0.2) is 0 Å². The number of rotatable bonds is 4. The second-order valence-electron chi connectivity index (χ2n) is 3.43. The molecule has 0 aliphatic rings. The minimum Gasteiger partial charge on any atom is -0.383 e. The van der Waals surface area contributed by atoms with Crippen molar-refractivity contribution in [2.24, 2.45) is 0 Å². The Labute approximate surface area is 103 Å². The average Bonchev–Trinajstić information content (AvgIpc) is 2.69. The van der Waals surface area contributed by atoms with E-state index < -0.39 is 0 Å². The number of methoxy groups -OCH3 is 1. The van der Waals surface area contributed by atoms with Crippen molar-refractivity contribution in [2.45, 2.75) is 6.54 Å². The molecule has 2 aromatic rings.